The summed E-state index contributed by atoms with van der Waals surface area (Å²) >= 11 is 1.06. The molecule has 0 bridgehead atoms. The molecule has 0 aliphatic carbocycles. The Labute approximate surface area is 82.2 Å². The fourth-order valence-electron chi connectivity index (χ4n) is 0. The van der Waals surface area contributed by atoms with Gasteiger partial charge in [-0.3, -0.25) is 0 Å². The summed E-state index contributed by atoms with van der Waals surface area (Å²) in [4.78, 5) is 27.2. The molecular weight excluding hydrogens is 243 g/mol. The summed E-state index contributed by atoms with van der Waals surface area (Å²) < 4.78 is 8.19. The van der Waals surface area contributed by atoms with Crippen LogP contribution in [-0.4, -0.2) is 61.1 Å². The molecule has 0 amide bonds. The van der Waals surface area contributed by atoms with E-state index < -0.39 is 0 Å². The molecule has 0 atom stereocenters. The van der Waals surface area contributed by atoms with Gasteiger partial charge in [-0.25, -0.2) is 0 Å². The molecule has 0 saturated heterocycles. The molecule has 10 heavy (non-hydrogen) atoms. The van der Waals surface area contributed by atoms with E-state index in [0.29, 0.717) is 0 Å². The second-order valence-electron chi connectivity index (χ2n) is 0. The minimum atomic E-state index is 1.06. The summed E-state index contributed by atoms with van der Waals surface area (Å²) in [5, 5.41) is 0. The molecule has 5 nitrogen and oxygen atoms in total. The second-order valence-corrected chi connectivity index (χ2v) is 0. The van der Waals surface area contributed by atoms with Gasteiger partial charge in [-0.1, -0.05) is 0 Å². The van der Waals surface area contributed by atoms with Gasteiger partial charge in [-0.05, 0) is 0 Å². The van der Waals surface area contributed by atoms with E-state index in [1.165, 1.54) is 0 Å². The third kappa shape index (κ3) is 499. The van der Waals surface area contributed by atoms with Gasteiger partial charge in [-0.2, -0.15) is 0 Å². The molecule has 4 N–H and O–H groups in total. The number of rotatable bonds is 0. The Hall–Kier alpha value is 1.09. The van der Waals surface area contributed by atoms with Crippen LogP contribution >= 0.6 is 0 Å². The van der Waals surface area contributed by atoms with E-state index in [9.17, 15) is 0 Å². The third-order valence-corrected chi connectivity index (χ3v) is 0. The molecular formula is H4O5Si4V. The average Bonchev–Trinajstić information content (AvgIpc) is 2.20. The molecule has 0 unspecified atom stereocenters. The molecule has 55 valence electrons. The van der Waals surface area contributed by atoms with E-state index >= 15 is 0 Å². The Bertz CT molecular complexity index is 13.6. The molecule has 0 heterocycles. The van der Waals surface area contributed by atoms with Crippen molar-refractivity contribution >= 4 is 41.9 Å². The van der Waals surface area contributed by atoms with Crippen molar-refractivity contribution in [1.82, 2.24) is 0 Å². The molecule has 0 aromatic rings. The van der Waals surface area contributed by atoms with Gasteiger partial charge in [0.1, 0.15) is 0 Å². The third-order valence-electron chi connectivity index (χ3n) is 0. The quantitative estimate of drug-likeness (QED) is 0.328. The Morgan fingerprint density at radius 1 is 0.600 bits per heavy atom. The standard InChI is InChI=1S/4HOSi.O.V/c4*1-2;;/h4*1H;;. The average molecular weight is 247 g/mol. The Morgan fingerprint density at radius 2 is 0.600 bits per heavy atom. The number of hydrogen-bond acceptors (Lipinski definition) is 5. The van der Waals surface area contributed by atoms with Gasteiger partial charge in [0.05, 0.1) is 0 Å². The van der Waals surface area contributed by atoms with Crippen molar-refractivity contribution in [3.8, 4) is 0 Å². The normalized spacial score (nSPS) is 2.70. The predicted octanol–water partition coefficient (Wildman–Crippen LogP) is -3.87. The molecule has 0 fully saturated rings. The summed E-state index contributed by atoms with van der Waals surface area (Å²) in [6.45, 7) is 0. The monoisotopic (exact) mass is 247 g/mol. The summed E-state index contributed by atoms with van der Waals surface area (Å²) in [7, 11) is 7.89. The molecule has 12 radical (unpaired) electrons. The summed E-state index contributed by atoms with van der Waals surface area (Å²) in [5.41, 5.74) is 0. The topological polar surface area (TPSA) is 98.0 Å². The van der Waals surface area contributed by atoms with Gasteiger partial charge >= 0.3 is 21.0 Å². The van der Waals surface area contributed by atoms with Crippen LogP contribution in [0.25, 0.3) is 0 Å². The van der Waals surface area contributed by atoms with E-state index in [-0.39, 0.29) is 0 Å². The molecule has 10 heteroatoms. The fraction of sp³-hybridized carbons (Fsp3) is 0. The summed E-state index contributed by atoms with van der Waals surface area (Å²) in [5.74, 6) is 0. The van der Waals surface area contributed by atoms with Crippen LogP contribution in [0.5, 0.6) is 0 Å². The maximum absolute atomic E-state index is 8.19. The maximum atomic E-state index is 8.19. The van der Waals surface area contributed by atoms with Gasteiger partial charge in [0.25, 0.3) is 0 Å². The first-order valence-electron chi connectivity index (χ1n) is 1.08. The molecule has 0 aliphatic heterocycles. The van der Waals surface area contributed by atoms with Gasteiger partial charge in [0, 0.05) is 0 Å². The molecule has 0 saturated carbocycles. The second kappa shape index (κ2) is 700. The van der Waals surface area contributed by atoms with Gasteiger partial charge in [0.15, 0.2) is 0 Å². The van der Waals surface area contributed by atoms with Crippen LogP contribution in [0.2, 0.25) is 0 Å². The summed E-state index contributed by atoms with van der Waals surface area (Å²) in [6, 6.07) is 0. The van der Waals surface area contributed by atoms with E-state index in [0.717, 1.165) is 17.4 Å². The van der Waals surface area contributed by atoms with Crippen LogP contribution in [0.4, 0.5) is 0 Å². The van der Waals surface area contributed by atoms with Crippen LogP contribution in [-0.2, 0) is 21.0 Å². The molecule has 0 aliphatic rings. The first kappa shape index (κ1) is 30.4. The van der Waals surface area contributed by atoms with E-state index in [4.69, 9.17) is 22.9 Å². The van der Waals surface area contributed by atoms with Crippen LogP contribution in [0.3, 0.4) is 0 Å². The van der Waals surface area contributed by atoms with E-state index in [1.807, 2.05) is 41.9 Å². The van der Waals surface area contributed by atoms with E-state index in [2.05, 4.69) is 0 Å². The van der Waals surface area contributed by atoms with Crippen molar-refractivity contribution in [3.05, 3.63) is 0 Å². The summed E-state index contributed by atoms with van der Waals surface area (Å²) in [6.07, 6.45) is 0. The SMILES string of the molecule is O[Si].O[Si].O[Si].O[Si].[O]=[V]. The first-order valence-corrected chi connectivity index (χ1v) is 3.44. The first-order chi connectivity index (χ1) is 5.00. The van der Waals surface area contributed by atoms with Crippen LogP contribution < -0.4 is 0 Å². The van der Waals surface area contributed by atoms with Crippen molar-refractivity contribution < 1.29 is 40.2 Å². The van der Waals surface area contributed by atoms with Crippen LogP contribution in [0.1, 0.15) is 0 Å². The molecule has 0 aromatic heterocycles. The predicted molar refractivity (Wildman–Crippen MR) is 32.6 cm³/mol. The van der Waals surface area contributed by atoms with Crippen molar-refractivity contribution in [2.75, 3.05) is 0 Å². The zero-order valence-corrected chi connectivity index (χ0v) is 10.0. The Kier molecular flexibility index (Phi) is 2130. The molecule has 0 spiro atoms. The zero-order valence-electron chi connectivity index (χ0n) is 4.64. The van der Waals surface area contributed by atoms with Crippen molar-refractivity contribution in [1.29, 1.82) is 0 Å². The van der Waals surface area contributed by atoms with Gasteiger partial charge in [0.2, 0.25) is 41.9 Å². The number of hydrogen-bond donors (Lipinski definition) is 4. The van der Waals surface area contributed by atoms with Crippen molar-refractivity contribution in [3.63, 3.8) is 0 Å². The minimum absolute atomic E-state index is 1.06. The molecule has 0 aromatic carbocycles. The van der Waals surface area contributed by atoms with Crippen LogP contribution in [0.15, 0.2) is 0 Å². The molecule has 0 rings (SSSR count). The fourth-order valence-corrected chi connectivity index (χ4v) is 0. The Morgan fingerprint density at radius 3 is 0.600 bits per heavy atom. The van der Waals surface area contributed by atoms with Crippen molar-refractivity contribution in [2.24, 2.45) is 0 Å². The van der Waals surface area contributed by atoms with Gasteiger partial charge in [-0.15, -0.1) is 0 Å². The van der Waals surface area contributed by atoms with E-state index in [1.54, 1.807) is 0 Å². The van der Waals surface area contributed by atoms with Crippen molar-refractivity contribution in [2.45, 2.75) is 0 Å². The van der Waals surface area contributed by atoms with Crippen LogP contribution in [0, 0.1) is 0 Å². The zero-order chi connectivity index (χ0) is 10.0. The Balaban J connectivity index is -0.0000000104. The van der Waals surface area contributed by atoms with Gasteiger partial charge < -0.3 is 19.2 Å².